The van der Waals surface area contributed by atoms with Crippen LogP contribution in [0.3, 0.4) is 0 Å². The van der Waals surface area contributed by atoms with Gasteiger partial charge in [-0.1, -0.05) is 186 Å². The summed E-state index contributed by atoms with van der Waals surface area (Å²) in [6, 6.07) is 0. The highest BCUT2D eigenvalue weighted by Gasteiger charge is 2.48. The van der Waals surface area contributed by atoms with Gasteiger partial charge in [0.05, 0.1) is 12.2 Å². The second kappa shape index (κ2) is 24.6. The van der Waals surface area contributed by atoms with Gasteiger partial charge in [-0.25, -0.2) is 4.79 Å². The largest absolute Gasteiger partial charge is 0.431 e. The molecular formula is C55H106O6Si4. The van der Waals surface area contributed by atoms with Gasteiger partial charge in [0.2, 0.25) is 6.29 Å². The zero-order valence-electron chi connectivity index (χ0n) is 47.2. The summed E-state index contributed by atoms with van der Waals surface area (Å²) in [4.78, 5) is 13.9. The van der Waals surface area contributed by atoms with E-state index in [0.717, 1.165) is 32.1 Å². The van der Waals surface area contributed by atoms with Crippen molar-refractivity contribution in [2.24, 2.45) is 35.5 Å². The van der Waals surface area contributed by atoms with Crippen LogP contribution in [0.5, 0.6) is 0 Å². The summed E-state index contributed by atoms with van der Waals surface area (Å²) in [6.07, 6.45) is 22.2. The fourth-order valence-corrected chi connectivity index (χ4v) is 12.6. The molecular weight excluding hydrogens is 869 g/mol. The smallest absolute Gasteiger partial charge is 0.333 e. The molecule has 65 heavy (non-hydrogen) atoms. The molecule has 1 heterocycles. The number of allylic oxidation sites excluding steroid dienone is 7. The quantitative estimate of drug-likeness (QED) is 0.0890. The molecule has 0 aromatic heterocycles. The van der Waals surface area contributed by atoms with E-state index in [1.54, 1.807) is 6.08 Å². The topological polar surface area (TPSA) is 63.2 Å². The lowest BCUT2D eigenvalue weighted by Gasteiger charge is -2.46. The van der Waals surface area contributed by atoms with E-state index < -0.39 is 51.6 Å². The average molecular weight is 976 g/mol. The van der Waals surface area contributed by atoms with Crippen molar-refractivity contribution in [1.29, 1.82) is 0 Å². The number of esters is 1. The molecule has 10 atom stereocenters. The van der Waals surface area contributed by atoms with Crippen LogP contribution in [0.4, 0.5) is 0 Å². The predicted octanol–water partition coefficient (Wildman–Crippen LogP) is 17.2. The van der Waals surface area contributed by atoms with Crippen LogP contribution in [-0.2, 0) is 27.2 Å². The van der Waals surface area contributed by atoms with Crippen molar-refractivity contribution in [3.05, 3.63) is 61.3 Å². The molecule has 0 aromatic carbocycles. The molecule has 0 N–H and O–H groups in total. The van der Waals surface area contributed by atoms with Gasteiger partial charge in [0.1, 0.15) is 6.10 Å². The van der Waals surface area contributed by atoms with Crippen LogP contribution in [0.25, 0.3) is 0 Å². The molecule has 10 heteroatoms. The fraction of sp³-hybridized carbons (Fsp3) is 0.800. The Morgan fingerprint density at radius 2 is 1.14 bits per heavy atom. The van der Waals surface area contributed by atoms with Crippen LogP contribution in [0.15, 0.2) is 61.3 Å². The molecule has 0 unspecified atom stereocenters. The number of ether oxygens (including phenoxy) is 1. The second-order valence-electron chi connectivity index (χ2n) is 26.3. The van der Waals surface area contributed by atoms with Gasteiger partial charge in [-0.2, -0.15) is 0 Å². The van der Waals surface area contributed by atoms with Crippen LogP contribution in [0.1, 0.15) is 150 Å². The zero-order chi connectivity index (χ0) is 50.8. The standard InChI is InChI=1S/C55H106O6Si4/c1-27-28-33-42(3)46-40-41(2)38-39-48(59-63(21,22)53(10,11)12)45(6)47(58-62(19,20)52(7,8)9)36-31-29-35-44(5)50(60-64(23,24)54(13,14)15)51(61-65(25,26)55(16,17)18)57-49(56)37-32-30-34-43(46)4/h27-28,30,32-34,37-39,41-48,50-51H,1,29,31,35-36,40H2,2-26H3/t41-,42+,43-,44-,45-,46+,47+,48+,50+,51+/m1/s1. The highest BCUT2D eigenvalue weighted by molar-refractivity contribution is 6.75. The maximum atomic E-state index is 13.9. The molecule has 0 bridgehead atoms. The first-order valence-electron chi connectivity index (χ1n) is 25.5. The normalized spacial score (nSPS) is 28.4. The molecule has 6 nitrogen and oxygen atoms in total. The van der Waals surface area contributed by atoms with E-state index in [4.69, 9.17) is 22.4 Å². The van der Waals surface area contributed by atoms with Crippen LogP contribution in [-0.4, -0.2) is 63.8 Å². The maximum Gasteiger partial charge on any atom is 0.333 e. The minimum atomic E-state index is -2.42. The van der Waals surface area contributed by atoms with Crippen molar-refractivity contribution < 1.29 is 27.2 Å². The van der Waals surface area contributed by atoms with Crippen LogP contribution < -0.4 is 0 Å². The monoisotopic (exact) mass is 975 g/mol. The summed E-state index contributed by atoms with van der Waals surface area (Å²) in [5.74, 6) is 1.04. The van der Waals surface area contributed by atoms with E-state index >= 15 is 0 Å². The van der Waals surface area contributed by atoms with Crippen molar-refractivity contribution in [1.82, 2.24) is 0 Å². The van der Waals surface area contributed by atoms with Crippen molar-refractivity contribution in [2.75, 3.05) is 0 Å². The lowest BCUT2D eigenvalue weighted by Crippen LogP contribution is -2.54. The summed E-state index contributed by atoms with van der Waals surface area (Å²) in [5.41, 5.74) is 0. The van der Waals surface area contributed by atoms with Crippen LogP contribution >= 0.6 is 0 Å². The SMILES string of the molecule is C=CC=C[C@H](C)[C@@H]1C[C@H](C)C=C[C@H](O[Si](C)(C)C(C)(C)C)[C@H](C)[C@@H](O[Si](C)(C)C(C)(C)C)CCCC[C@@H](C)[C@H](O[Si](C)(C)C(C)(C)C)[C@H](O[Si](C)(C)C(C)(C)C)OC(=O)C=CC=C[C@H]1C. The van der Waals surface area contributed by atoms with E-state index in [0.29, 0.717) is 17.8 Å². The molecule has 0 aromatic rings. The molecule has 0 radical (unpaired) electrons. The molecule has 1 aliphatic heterocycles. The van der Waals surface area contributed by atoms with E-state index in [9.17, 15) is 4.79 Å². The van der Waals surface area contributed by atoms with Gasteiger partial charge in [-0.05, 0) is 121 Å². The Kier molecular flexibility index (Phi) is 23.4. The van der Waals surface area contributed by atoms with Crippen LogP contribution in [0.2, 0.25) is 72.5 Å². The number of carbonyl (C=O) groups is 1. The second-order valence-corrected chi connectivity index (χ2v) is 45.3. The van der Waals surface area contributed by atoms with Gasteiger partial charge in [0.25, 0.3) is 0 Å². The van der Waals surface area contributed by atoms with Gasteiger partial charge in [-0.15, -0.1) is 0 Å². The van der Waals surface area contributed by atoms with Gasteiger partial charge in [-0.3, -0.25) is 0 Å². The molecule has 0 saturated heterocycles. The lowest BCUT2D eigenvalue weighted by molar-refractivity contribution is -0.180. The Labute approximate surface area is 408 Å². The Bertz CT molecular complexity index is 1580. The van der Waals surface area contributed by atoms with Gasteiger partial charge < -0.3 is 22.4 Å². The average Bonchev–Trinajstić information content (AvgIpc) is 3.13. The van der Waals surface area contributed by atoms with Gasteiger partial charge in [0, 0.05) is 12.0 Å². The maximum absolute atomic E-state index is 13.9. The molecule has 0 aliphatic carbocycles. The first-order valence-corrected chi connectivity index (χ1v) is 37.1. The minimum Gasteiger partial charge on any atom is -0.431 e. The van der Waals surface area contributed by atoms with Crippen molar-refractivity contribution in [3.63, 3.8) is 0 Å². The summed E-state index contributed by atoms with van der Waals surface area (Å²) >= 11 is 0. The Hall–Kier alpha value is -1.12. The third-order valence-electron chi connectivity index (χ3n) is 16.4. The molecule has 1 rings (SSSR count). The Balaban J connectivity index is 4.16. The highest BCUT2D eigenvalue weighted by atomic mass is 28.4. The number of hydrogen-bond acceptors (Lipinski definition) is 6. The molecule has 0 saturated carbocycles. The number of carbonyl (C=O) groups excluding carboxylic acids is 1. The number of hydrogen-bond donors (Lipinski definition) is 0. The Morgan fingerprint density at radius 3 is 1.65 bits per heavy atom. The van der Waals surface area contributed by atoms with Gasteiger partial charge >= 0.3 is 5.97 Å². The number of rotatable bonds is 11. The van der Waals surface area contributed by atoms with Gasteiger partial charge in [0.15, 0.2) is 33.3 Å². The Morgan fingerprint density at radius 1 is 0.662 bits per heavy atom. The van der Waals surface area contributed by atoms with E-state index in [1.165, 1.54) is 0 Å². The molecule has 0 fully saturated rings. The summed E-state index contributed by atoms with van der Waals surface area (Å²) in [6.45, 7) is 61.8. The predicted molar refractivity (Wildman–Crippen MR) is 294 cm³/mol. The fourth-order valence-electron chi connectivity index (χ4n) is 7.37. The molecule has 0 amide bonds. The van der Waals surface area contributed by atoms with Crippen molar-refractivity contribution in [3.8, 4) is 0 Å². The van der Waals surface area contributed by atoms with E-state index in [-0.39, 0.29) is 50.1 Å². The molecule has 0 spiro atoms. The number of cyclic esters (lactones) is 1. The molecule has 1 aliphatic rings. The molecule has 378 valence electrons. The van der Waals surface area contributed by atoms with Crippen molar-refractivity contribution in [2.45, 2.75) is 247 Å². The zero-order valence-corrected chi connectivity index (χ0v) is 51.2. The third kappa shape index (κ3) is 19.3. The summed E-state index contributed by atoms with van der Waals surface area (Å²) < 4.78 is 35.9. The first-order chi connectivity index (χ1) is 29.2. The van der Waals surface area contributed by atoms with E-state index in [1.807, 2.05) is 18.2 Å². The summed E-state index contributed by atoms with van der Waals surface area (Å²) in [5, 5.41) is -0.00417. The lowest BCUT2D eigenvalue weighted by atomic mass is 9.77. The minimum absolute atomic E-state index is 0.0300. The third-order valence-corrected chi connectivity index (χ3v) is 34.3. The van der Waals surface area contributed by atoms with Crippen LogP contribution in [0, 0.1) is 35.5 Å². The summed E-state index contributed by atoms with van der Waals surface area (Å²) in [7, 11) is -9.10. The van der Waals surface area contributed by atoms with Crippen molar-refractivity contribution >= 4 is 39.2 Å². The van der Waals surface area contributed by atoms with E-state index in [2.05, 4.69) is 207 Å². The first kappa shape index (κ1) is 61.9. The highest BCUT2D eigenvalue weighted by Crippen LogP contribution is 2.44.